The lowest BCUT2D eigenvalue weighted by Crippen LogP contribution is -2.01. The van der Waals surface area contributed by atoms with Gasteiger partial charge in [-0.25, -0.2) is 4.68 Å². The summed E-state index contributed by atoms with van der Waals surface area (Å²) in [5, 5.41) is 19.4. The van der Waals surface area contributed by atoms with E-state index in [1.165, 1.54) is 10.1 Å². The van der Waals surface area contributed by atoms with Crippen molar-refractivity contribution in [2.75, 3.05) is 0 Å². The van der Waals surface area contributed by atoms with Gasteiger partial charge in [-0.15, -0.1) is 5.10 Å². The van der Waals surface area contributed by atoms with Crippen LogP contribution in [0.15, 0.2) is 48.7 Å². The van der Waals surface area contributed by atoms with E-state index in [9.17, 15) is 5.11 Å². The summed E-state index contributed by atoms with van der Waals surface area (Å²) in [6.07, 6.45) is 1.66. The second-order valence-corrected chi connectivity index (χ2v) is 4.66. The predicted molar refractivity (Wildman–Crippen MR) is 77.0 cm³/mol. The molecule has 2 aromatic carbocycles. The van der Waals surface area contributed by atoms with Crippen LogP contribution in [0.5, 0.6) is 0 Å². The van der Waals surface area contributed by atoms with E-state index in [0.29, 0.717) is 0 Å². The average molecular weight is 264 g/mol. The zero-order valence-electron chi connectivity index (χ0n) is 10.6. The molecule has 0 saturated heterocycles. The Hall–Kier alpha value is -2.66. The molecule has 5 heteroatoms. The first kappa shape index (κ1) is 11.2. The molecule has 20 heavy (non-hydrogen) atoms. The van der Waals surface area contributed by atoms with E-state index in [-0.39, 0.29) is 6.73 Å². The second kappa shape index (κ2) is 4.18. The topological polar surface area (TPSA) is 66.7 Å². The highest BCUT2D eigenvalue weighted by Gasteiger charge is 2.12. The molecule has 0 aliphatic rings. The van der Waals surface area contributed by atoms with Gasteiger partial charge in [0.15, 0.2) is 0 Å². The highest BCUT2D eigenvalue weighted by Crippen LogP contribution is 2.32. The number of hydrogen-bond acceptors (Lipinski definition) is 3. The normalized spacial score (nSPS) is 11.4. The van der Waals surface area contributed by atoms with Gasteiger partial charge in [-0.2, -0.15) is 0 Å². The Morgan fingerprint density at radius 2 is 1.90 bits per heavy atom. The Morgan fingerprint density at radius 1 is 1.05 bits per heavy atom. The first-order valence-corrected chi connectivity index (χ1v) is 6.37. The van der Waals surface area contributed by atoms with Crippen molar-refractivity contribution >= 4 is 21.8 Å². The van der Waals surface area contributed by atoms with E-state index in [1.54, 1.807) is 6.20 Å². The zero-order valence-corrected chi connectivity index (χ0v) is 10.6. The maximum Gasteiger partial charge on any atom is 0.138 e. The molecule has 0 amide bonds. The van der Waals surface area contributed by atoms with Crippen molar-refractivity contribution in [1.29, 1.82) is 0 Å². The number of aromatic nitrogens is 4. The molecular weight excluding hydrogens is 252 g/mol. The van der Waals surface area contributed by atoms with Gasteiger partial charge in [0.1, 0.15) is 6.73 Å². The van der Waals surface area contributed by atoms with Gasteiger partial charge in [0.05, 0.1) is 17.4 Å². The quantitative estimate of drug-likeness (QED) is 0.584. The van der Waals surface area contributed by atoms with Crippen LogP contribution in [0, 0.1) is 0 Å². The van der Waals surface area contributed by atoms with Crippen LogP contribution in [-0.2, 0) is 6.73 Å². The molecule has 0 atom stereocenters. The molecule has 0 aliphatic carbocycles. The summed E-state index contributed by atoms with van der Waals surface area (Å²) in [6, 6.07) is 14.3. The van der Waals surface area contributed by atoms with Gasteiger partial charge in [-0.1, -0.05) is 41.6 Å². The Balaban J connectivity index is 2.10. The summed E-state index contributed by atoms with van der Waals surface area (Å²) in [4.78, 5) is 3.44. The van der Waals surface area contributed by atoms with Crippen molar-refractivity contribution in [3.63, 3.8) is 0 Å². The fourth-order valence-electron chi connectivity index (χ4n) is 2.66. The summed E-state index contributed by atoms with van der Waals surface area (Å²) in [7, 11) is 0. The molecule has 0 unspecified atom stereocenters. The van der Waals surface area contributed by atoms with E-state index in [1.807, 2.05) is 24.3 Å². The van der Waals surface area contributed by atoms with Crippen molar-refractivity contribution in [2.45, 2.75) is 6.73 Å². The standard InChI is InChI=1S/C15H12N4O/c20-9-19-14(8-16-18-19)12-6-3-5-11-10-4-1-2-7-13(10)17-15(11)12/h1-8,17,20H,9H2. The van der Waals surface area contributed by atoms with Crippen LogP contribution in [0.4, 0.5) is 0 Å². The molecule has 0 bridgehead atoms. The fraction of sp³-hybridized carbons (Fsp3) is 0.0667. The summed E-state index contributed by atoms with van der Waals surface area (Å²) in [5.74, 6) is 0. The van der Waals surface area contributed by atoms with Crippen molar-refractivity contribution in [3.05, 3.63) is 48.7 Å². The minimum atomic E-state index is -0.189. The number of aliphatic hydroxyl groups excluding tert-OH is 1. The van der Waals surface area contributed by atoms with Crippen LogP contribution in [-0.4, -0.2) is 25.1 Å². The van der Waals surface area contributed by atoms with Crippen LogP contribution in [0.3, 0.4) is 0 Å². The monoisotopic (exact) mass is 264 g/mol. The maximum atomic E-state index is 9.33. The van der Waals surface area contributed by atoms with Crippen LogP contribution < -0.4 is 0 Å². The third-order valence-corrected chi connectivity index (χ3v) is 3.57. The molecular formula is C15H12N4O. The molecule has 2 heterocycles. The number of benzene rings is 2. The largest absolute Gasteiger partial charge is 0.374 e. The molecule has 2 N–H and O–H groups in total. The van der Waals surface area contributed by atoms with E-state index in [2.05, 4.69) is 33.5 Å². The van der Waals surface area contributed by atoms with Crippen molar-refractivity contribution in [2.24, 2.45) is 0 Å². The summed E-state index contributed by atoms with van der Waals surface area (Å²) in [5.41, 5.74) is 3.91. The van der Waals surface area contributed by atoms with Gasteiger partial charge in [0, 0.05) is 21.9 Å². The SMILES string of the molecule is OCn1nncc1-c1cccc2c1[nH]c1ccccc12. The van der Waals surface area contributed by atoms with Gasteiger partial charge in [-0.05, 0) is 6.07 Å². The number of H-pyrrole nitrogens is 1. The van der Waals surface area contributed by atoms with Crippen molar-refractivity contribution in [1.82, 2.24) is 20.0 Å². The van der Waals surface area contributed by atoms with Gasteiger partial charge >= 0.3 is 0 Å². The highest BCUT2D eigenvalue weighted by molar-refractivity contribution is 6.11. The average Bonchev–Trinajstić information content (AvgIpc) is 3.10. The summed E-state index contributed by atoms with van der Waals surface area (Å²) >= 11 is 0. The van der Waals surface area contributed by atoms with Crippen molar-refractivity contribution in [3.8, 4) is 11.3 Å². The van der Waals surface area contributed by atoms with E-state index in [0.717, 1.165) is 27.7 Å². The molecule has 4 rings (SSSR count). The fourth-order valence-corrected chi connectivity index (χ4v) is 2.66. The Kier molecular flexibility index (Phi) is 2.34. The maximum absolute atomic E-state index is 9.33. The van der Waals surface area contributed by atoms with Crippen LogP contribution in [0.2, 0.25) is 0 Å². The van der Waals surface area contributed by atoms with Gasteiger partial charge < -0.3 is 10.1 Å². The number of aromatic amines is 1. The third-order valence-electron chi connectivity index (χ3n) is 3.57. The third kappa shape index (κ3) is 1.47. The summed E-state index contributed by atoms with van der Waals surface area (Å²) in [6.45, 7) is -0.189. The lowest BCUT2D eigenvalue weighted by Gasteiger charge is -2.04. The Bertz CT molecular complexity index is 906. The molecule has 0 fully saturated rings. The van der Waals surface area contributed by atoms with Gasteiger partial charge in [0.2, 0.25) is 0 Å². The van der Waals surface area contributed by atoms with Crippen molar-refractivity contribution < 1.29 is 5.11 Å². The first-order valence-electron chi connectivity index (χ1n) is 6.37. The highest BCUT2D eigenvalue weighted by atomic mass is 16.3. The number of aliphatic hydroxyl groups is 1. The minimum absolute atomic E-state index is 0.189. The van der Waals surface area contributed by atoms with Crippen LogP contribution >= 0.6 is 0 Å². The summed E-state index contributed by atoms with van der Waals surface area (Å²) < 4.78 is 1.47. The Morgan fingerprint density at radius 3 is 2.80 bits per heavy atom. The van der Waals surface area contributed by atoms with E-state index in [4.69, 9.17) is 0 Å². The molecule has 0 spiro atoms. The smallest absolute Gasteiger partial charge is 0.138 e. The second-order valence-electron chi connectivity index (χ2n) is 4.66. The minimum Gasteiger partial charge on any atom is -0.374 e. The number of para-hydroxylation sites is 2. The number of nitrogens with zero attached hydrogens (tertiary/aromatic N) is 3. The van der Waals surface area contributed by atoms with Gasteiger partial charge in [0.25, 0.3) is 0 Å². The molecule has 98 valence electrons. The Labute approximate surface area is 114 Å². The predicted octanol–water partition coefficient (Wildman–Crippen LogP) is 2.53. The molecule has 5 nitrogen and oxygen atoms in total. The molecule has 2 aromatic heterocycles. The lowest BCUT2D eigenvalue weighted by atomic mass is 10.1. The number of hydrogen-bond donors (Lipinski definition) is 2. The molecule has 0 aliphatic heterocycles. The zero-order chi connectivity index (χ0) is 13.5. The molecule has 0 saturated carbocycles. The number of rotatable bonds is 2. The van der Waals surface area contributed by atoms with Gasteiger partial charge in [-0.3, -0.25) is 0 Å². The van der Waals surface area contributed by atoms with Crippen LogP contribution in [0.1, 0.15) is 0 Å². The van der Waals surface area contributed by atoms with E-state index < -0.39 is 0 Å². The van der Waals surface area contributed by atoms with Crippen LogP contribution in [0.25, 0.3) is 33.1 Å². The number of fused-ring (bicyclic) bond motifs is 3. The molecule has 4 aromatic rings. The van der Waals surface area contributed by atoms with E-state index >= 15 is 0 Å². The lowest BCUT2D eigenvalue weighted by molar-refractivity contribution is 0.194. The molecule has 0 radical (unpaired) electrons. The first-order chi connectivity index (χ1) is 9.88. The number of nitrogens with one attached hydrogen (secondary N) is 1.